The Kier molecular flexibility index (Phi) is 7.73. The average Bonchev–Trinajstić information content (AvgIpc) is 3.00. The number of nitrogens with one attached hydrogen (secondary N) is 1. The van der Waals surface area contributed by atoms with Crippen LogP contribution in [0.5, 0.6) is 11.5 Å². The van der Waals surface area contributed by atoms with Gasteiger partial charge in [-0.1, -0.05) is 29.8 Å². The van der Waals surface area contributed by atoms with Crippen molar-refractivity contribution in [3.63, 3.8) is 0 Å². The second-order valence-electron chi connectivity index (χ2n) is 7.00. The average molecular weight is 550 g/mol. The van der Waals surface area contributed by atoms with Gasteiger partial charge in [-0.15, -0.1) is 0 Å². The van der Waals surface area contributed by atoms with Gasteiger partial charge in [0.2, 0.25) is 0 Å². The second-order valence-corrected chi connectivity index (χ2v) is 8.16. The van der Waals surface area contributed by atoms with Crippen LogP contribution in [-0.2, 0) is 20.9 Å². The van der Waals surface area contributed by atoms with E-state index in [1.54, 1.807) is 18.2 Å². The van der Waals surface area contributed by atoms with Gasteiger partial charge in [-0.25, -0.2) is 9.59 Å². The molecule has 1 aliphatic rings. The number of carbonyl (C=O) groups excluding carboxylic acids is 3. The minimum Gasteiger partial charge on any atom is -0.490 e. The lowest BCUT2D eigenvalue weighted by Gasteiger charge is -2.14. The van der Waals surface area contributed by atoms with Gasteiger partial charge in [0.15, 0.2) is 18.1 Å². The Morgan fingerprint density at radius 3 is 2.66 bits per heavy atom. The number of nitrogens with zero attached hydrogens (tertiary/aromatic N) is 1. The van der Waals surface area contributed by atoms with Crippen LogP contribution in [-0.4, -0.2) is 43.1 Å². The van der Waals surface area contributed by atoms with Gasteiger partial charge < -0.3 is 19.5 Å². The third-order valence-corrected chi connectivity index (χ3v) is 5.39. The van der Waals surface area contributed by atoms with Crippen LogP contribution in [0.2, 0.25) is 0 Å². The minimum absolute atomic E-state index is 0.170. The number of aryl methyl sites for hydroxylation is 1. The second kappa shape index (κ2) is 10.5. The van der Waals surface area contributed by atoms with Crippen molar-refractivity contribution < 1.29 is 28.6 Å². The number of ether oxygens (including phenoxy) is 3. The molecule has 0 radical (unpaired) electrons. The van der Waals surface area contributed by atoms with Crippen molar-refractivity contribution >= 4 is 46.6 Å². The van der Waals surface area contributed by atoms with Crippen LogP contribution in [0.25, 0.3) is 6.08 Å². The lowest BCUT2D eigenvalue weighted by molar-refractivity contribution is -0.143. The molecule has 0 aliphatic carbocycles. The van der Waals surface area contributed by atoms with Gasteiger partial charge in [0.25, 0.3) is 5.91 Å². The first kappa shape index (κ1) is 23.6. The van der Waals surface area contributed by atoms with Crippen LogP contribution in [0.4, 0.5) is 4.79 Å². The molecular formula is C23H23IN2O6. The highest BCUT2D eigenvalue weighted by Gasteiger charge is 2.33. The van der Waals surface area contributed by atoms with Crippen molar-refractivity contribution in [3.8, 4) is 11.5 Å². The Labute approximate surface area is 199 Å². The molecule has 3 rings (SSSR count). The zero-order chi connectivity index (χ0) is 23.3. The van der Waals surface area contributed by atoms with E-state index in [1.807, 2.05) is 38.1 Å². The topological polar surface area (TPSA) is 94.2 Å². The molecule has 2 aromatic carbocycles. The zero-order valence-electron chi connectivity index (χ0n) is 17.9. The van der Waals surface area contributed by atoms with E-state index in [0.29, 0.717) is 27.2 Å². The molecule has 9 heteroatoms. The van der Waals surface area contributed by atoms with E-state index in [4.69, 9.17) is 9.47 Å². The first-order valence-corrected chi connectivity index (χ1v) is 11.0. The third kappa shape index (κ3) is 5.58. The summed E-state index contributed by atoms with van der Waals surface area (Å²) in [5.74, 6) is -0.0932. The number of urea groups is 1. The van der Waals surface area contributed by atoms with Crippen LogP contribution >= 0.6 is 22.6 Å². The van der Waals surface area contributed by atoms with Crippen molar-refractivity contribution in [1.82, 2.24) is 10.2 Å². The fourth-order valence-corrected chi connectivity index (χ4v) is 3.92. The largest absolute Gasteiger partial charge is 0.490 e. The number of methoxy groups -OCH3 is 1. The monoisotopic (exact) mass is 550 g/mol. The Balaban J connectivity index is 1.84. The number of amides is 3. The Hall–Kier alpha value is -3.08. The molecule has 0 spiro atoms. The van der Waals surface area contributed by atoms with E-state index in [9.17, 15) is 14.4 Å². The van der Waals surface area contributed by atoms with Crippen molar-refractivity contribution in [3.05, 3.63) is 62.4 Å². The summed E-state index contributed by atoms with van der Waals surface area (Å²) >= 11 is 2.06. The minimum atomic E-state index is -0.512. The normalized spacial score (nSPS) is 14.5. The van der Waals surface area contributed by atoms with E-state index in [0.717, 1.165) is 11.1 Å². The molecule has 168 valence electrons. The molecule has 1 N–H and O–H groups in total. The summed E-state index contributed by atoms with van der Waals surface area (Å²) in [4.78, 5) is 37.9. The summed E-state index contributed by atoms with van der Waals surface area (Å²) in [5, 5.41) is 2.63. The number of benzene rings is 2. The maximum absolute atomic E-state index is 12.8. The summed E-state index contributed by atoms with van der Waals surface area (Å²) in [6.07, 6.45) is 1.59. The highest BCUT2D eigenvalue weighted by Crippen LogP contribution is 2.35. The number of imide groups is 1. The number of carbonyl (C=O) groups is 3. The van der Waals surface area contributed by atoms with Crippen molar-refractivity contribution in [1.29, 1.82) is 0 Å². The van der Waals surface area contributed by atoms with Gasteiger partial charge in [-0.05, 0) is 65.8 Å². The van der Waals surface area contributed by atoms with Crippen LogP contribution < -0.4 is 14.8 Å². The van der Waals surface area contributed by atoms with Crippen LogP contribution in [0, 0.1) is 10.5 Å². The third-order valence-electron chi connectivity index (χ3n) is 4.59. The summed E-state index contributed by atoms with van der Waals surface area (Å²) in [5.41, 5.74) is 2.74. The summed E-state index contributed by atoms with van der Waals surface area (Å²) in [6, 6.07) is 10.6. The number of esters is 1. The van der Waals surface area contributed by atoms with E-state index in [2.05, 4.69) is 32.6 Å². The molecule has 1 saturated heterocycles. The van der Waals surface area contributed by atoms with E-state index in [-0.39, 0.29) is 18.8 Å². The summed E-state index contributed by atoms with van der Waals surface area (Å²) in [7, 11) is 1.28. The maximum Gasteiger partial charge on any atom is 0.343 e. The maximum atomic E-state index is 12.8. The van der Waals surface area contributed by atoms with Gasteiger partial charge in [0.05, 0.1) is 23.8 Å². The lowest BCUT2D eigenvalue weighted by Crippen LogP contribution is -2.30. The Morgan fingerprint density at radius 1 is 1.19 bits per heavy atom. The smallest absolute Gasteiger partial charge is 0.343 e. The molecule has 1 heterocycles. The predicted octanol–water partition coefficient (Wildman–Crippen LogP) is 3.64. The van der Waals surface area contributed by atoms with E-state index < -0.39 is 17.9 Å². The molecule has 0 aromatic heterocycles. The number of hydrogen-bond donors (Lipinski definition) is 1. The van der Waals surface area contributed by atoms with Gasteiger partial charge in [-0.3, -0.25) is 9.69 Å². The Bertz CT molecular complexity index is 1080. The molecule has 8 nitrogen and oxygen atoms in total. The molecule has 32 heavy (non-hydrogen) atoms. The molecule has 1 aliphatic heterocycles. The van der Waals surface area contributed by atoms with Gasteiger partial charge in [-0.2, -0.15) is 0 Å². The molecule has 0 unspecified atom stereocenters. The first-order valence-electron chi connectivity index (χ1n) is 9.88. The molecule has 0 atom stereocenters. The Morgan fingerprint density at radius 2 is 1.97 bits per heavy atom. The molecular weight excluding hydrogens is 527 g/mol. The van der Waals surface area contributed by atoms with Gasteiger partial charge >= 0.3 is 12.0 Å². The van der Waals surface area contributed by atoms with Gasteiger partial charge in [0, 0.05) is 0 Å². The van der Waals surface area contributed by atoms with Crippen molar-refractivity contribution in [2.75, 3.05) is 20.3 Å². The summed E-state index contributed by atoms with van der Waals surface area (Å²) < 4.78 is 16.5. The fourth-order valence-electron chi connectivity index (χ4n) is 3.14. The first-order chi connectivity index (χ1) is 15.3. The number of rotatable bonds is 8. The molecule has 2 aromatic rings. The quantitative estimate of drug-likeness (QED) is 0.234. The highest BCUT2D eigenvalue weighted by molar-refractivity contribution is 14.1. The fraction of sp³-hybridized carbons (Fsp3) is 0.261. The van der Waals surface area contributed by atoms with Gasteiger partial charge in [0.1, 0.15) is 5.70 Å². The molecule has 3 amide bonds. The molecule has 1 fully saturated rings. The van der Waals surface area contributed by atoms with E-state index in [1.165, 1.54) is 12.0 Å². The van der Waals surface area contributed by atoms with E-state index >= 15 is 0 Å². The predicted molar refractivity (Wildman–Crippen MR) is 126 cm³/mol. The van der Waals surface area contributed by atoms with Crippen LogP contribution in [0.1, 0.15) is 23.6 Å². The molecule has 0 bridgehead atoms. The number of hydrogen-bond acceptors (Lipinski definition) is 6. The standard InChI is InChI=1S/C23H23IN2O6/c1-4-31-19-11-16(9-17(24)21(19)32-13-20(27)30-3)10-18-22(28)26(23(29)25-18)12-15-7-5-6-14(2)8-15/h5-11H,4,12-13H2,1-3H3,(H,25,29)/b18-10+. The highest BCUT2D eigenvalue weighted by atomic mass is 127. The number of halogens is 1. The van der Waals surface area contributed by atoms with Crippen LogP contribution in [0.15, 0.2) is 42.1 Å². The van der Waals surface area contributed by atoms with Crippen molar-refractivity contribution in [2.24, 2.45) is 0 Å². The van der Waals surface area contributed by atoms with Crippen LogP contribution in [0.3, 0.4) is 0 Å². The van der Waals surface area contributed by atoms with Crippen molar-refractivity contribution in [2.45, 2.75) is 20.4 Å². The zero-order valence-corrected chi connectivity index (χ0v) is 20.1. The SMILES string of the molecule is CCOc1cc(/C=C2/NC(=O)N(Cc3cccc(C)c3)C2=O)cc(I)c1OCC(=O)OC. The molecule has 0 saturated carbocycles. The lowest BCUT2D eigenvalue weighted by atomic mass is 10.1. The summed E-state index contributed by atoms with van der Waals surface area (Å²) in [6.45, 7) is 4.09.